The minimum atomic E-state index is -3.24. The van der Waals surface area contributed by atoms with Crippen LogP contribution < -0.4 is 0 Å². The van der Waals surface area contributed by atoms with Crippen LogP contribution in [0.4, 0.5) is 0 Å². The summed E-state index contributed by atoms with van der Waals surface area (Å²) in [4.78, 5) is 6.10. The van der Waals surface area contributed by atoms with Crippen LogP contribution >= 0.6 is 0 Å². The highest BCUT2D eigenvalue weighted by molar-refractivity contribution is 7.89. The zero-order valence-corrected chi connectivity index (χ0v) is 12.1. The molecule has 0 N–H and O–H groups in total. The Morgan fingerprint density at radius 2 is 2.00 bits per heavy atom. The van der Waals surface area contributed by atoms with E-state index in [4.69, 9.17) is 5.26 Å². The third-order valence-corrected chi connectivity index (χ3v) is 5.23. The molecule has 1 saturated heterocycles. The first kappa shape index (κ1) is 14.9. The van der Waals surface area contributed by atoms with E-state index in [0.29, 0.717) is 39.1 Å². The summed E-state index contributed by atoms with van der Waals surface area (Å²) in [5.41, 5.74) is 0.791. The van der Waals surface area contributed by atoms with Crippen LogP contribution in [0.15, 0.2) is 24.4 Å². The highest BCUT2D eigenvalue weighted by atomic mass is 32.2. The van der Waals surface area contributed by atoms with Crippen LogP contribution in [-0.2, 0) is 16.4 Å². The third kappa shape index (κ3) is 4.00. The third-order valence-electron chi connectivity index (χ3n) is 3.36. The standard InChI is InChI=1S/C13H18N4O2S/c14-5-7-16-8-10-17(11-9-16)20(18,19)12-4-13-3-1-2-6-15-13/h1-3,6H,4,7-12H2. The second-order valence-electron chi connectivity index (χ2n) is 4.72. The maximum Gasteiger partial charge on any atom is 0.214 e. The Morgan fingerprint density at radius 3 is 2.60 bits per heavy atom. The summed E-state index contributed by atoms with van der Waals surface area (Å²) in [5, 5.41) is 8.62. The van der Waals surface area contributed by atoms with Gasteiger partial charge in [0.15, 0.2) is 0 Å². The van der Waals surface area contributed by atoms with Crippen molar-refractivity contribution in [1.29, 1.82) is 5.26 Å². The first-order valence-electron chi connectivity index (χ1n) is 6.59. The molecular formula is C13H18N4O2S. The number of nitriles is 1. The van der Waals surface area contributed by atoms with Gasteiger partial charge in [-0.3, -0.25) is 9.88 Å². The largest absolute Gasteiger partial charge is 0.288 e. The first-order valence-corrected chi connectivity index (χ1v) is 8.20. The van der Waals surface area contributed by atoms with Crippen LogP contribution in [0.2, 0.25) is 0 Å². The maximum atomic E-state index is 12.2. The van der Waals surface area contributed by atoms with Crippen LogP contribution in [0, 0.1) is 11.3 Å². The van der Waals surface area contributed by atoms with Crippen molar-refractivity contribution in [3.63, 3.8) is 0 Å². The number of rotatable bonds is 5. The number of nitrogens with zero attached hydrogens (tertiary/aromatic N) is 4. The van der Waals surface area contributed by atoms with E-state index in [-0.39, 0.29) is 5.75 Å². The Kier molecular flexibility index (Phi) is 5.06. The lowest BCUT2D eigenvalue weighted by atomic mass is 10.3. The van der Waals surface area contributed by atoms with Crippen molar-refractivity contribution in [3.8, 4) is 6.07 Å². The summed E-state index contributed by atoms with van der Waals surface area (Å²) in [6.07, 6.45) is 2.10. The van der Waals surface area contributed by atoms with Crippen molar-refractivity contribution in [2.45, 2.75) is 6.42 Å². The fraction of sp³-hybridized carbons (Fsp3) is 0.538. The molecule has 20 heavy (non-hydrogen) atoms. The van der Waals surface area contributed by atoms with Crippen LogP contribution in [0.25, 0.3) is 0 Å². The molecule has 0 amide bonds. The van der Waals surface area contributed by atoms with Crippen LogP contribution in [-0.4, -0.2) is 61.1 Å². The van der Waals surface area contributed by atoms with Crippen molar-refractivity contribution in [2.24, 2.45) is 0 Å². The average Bonchev–Trinajstić information content (AvgIpc) is 2.47. The van der Waals surface area contributed by atoms with E-state index in [1.54, 1.807) is 6.20 Å². The molecule has 0 aromatic carbocycles. The number of aromatic nitrogens is 1. The molecule has 6 nitrogen and oxygen atoms in total. The van der Waals surface area contributed by atoms with Gasteiger partial charge in [0, 0.05) is 44.5 Å². The fourth-order valence-electron chi connectivity index (χ4n) is 2.17. The van der Waals surface area contributed by atoms with Gasteiger partial charge in [0.2, 0.25) is 10.0 Å². The number of aryl methyl sites for hydroxylation is 1. The molecule has 1 aliphatic rings. The predicted molar refractivity (Wildman–Crippen MR) is 75.4 cm³/mol. The molecular weight excluding hydrogens is 276 g/mol. The first-order chi connectivity index (χ1) is 9.62. The molecule has 2 rings (SSSR count). The lowest BCUT2D eigenvalue weighted by Gasteiger charge is -2.32. The Balaban J connectivity index is 1.87. The van der Waals surface area contributed by atoms with Crippen molar-refractivity contribution in [2.75, 3.05) is 38.5 Å². The quantitative estimate of drug-likeness (QED) is 0.720. The Morgan fingerprint density at radius 1 is 1.25 bits per heavy atom. The summed E-state index contributed by atoms with van der Waals surface area (Å²) in [5.74, 6) is 0.0856. The van der Waals surface area contributed by atoms with E-state index in [1.807, 2.05) is 23.1 Å². The summed E-state index contributed by atoms with van der Waals surface area (Å²) in [6.45, 7) is 2.53. The molecule has 7 heteroatoms. The Labute approximate surface area is 119 Å². The molecule has 0 unspecified atom stereocenters. The van der Waals surface area contributed by atoms with Gasteiger partial charge in [-0.25, -0.2) is 8.42 Å². The van der Waals surface area contributed by atoms with Crippen molar-refractivity contribution < 1.29 is 8.42 Å². The van der Waals surface area contributed by atoms with Crippen molar-refractivity contribution in [1.82, 2.24) is 14.2 Å². The van der Waals surface area contributed by atoms with E-state index in [1.165, 1.54) is 4.31 Å². The van der Waals surface area contributed by atoms with Gasteiger partial charge in [0.05, 0.1) is 18.4 Å². The summed E-state index contributed by atoms with van der Waals surface area (Å²) in [7, 11) is -3.24. The summed E-state index contributed by atoms with van der Waals surface area (Å²) < 4.78 is 26.0. The van der Waals surface area contributed by atoms with Crippen LogP contribution in [0.1, 0.15) is 5.69 Å². The molecule has 1 aromatic heterocycles. The van der Waals surface area contributed by atoms with Gasteiger partial charge in [-0.2, -0.15) is 9.57 Å². The van der Waals surface area contributed by atoms with Crippen molar-refractivity contribution in [3.05, 3.63) is 30.1 Å². The topological polar surface area (TPSA) is 77.3 Å². The van der Waals surface area contributed by atoms with Gasteiger partial charge in [0.25, 0.3) is 0 Å². The van der Waals surface area contributed by atoms with Gasteiger partial charge < -0.3 is 0 Å². The lowest BCUT2D eigenvalue weighted by molar-refractivity contribution is 0.206. The molecule has 0 aliphatic carbocycles. The summed E-state index contributed by atoms with van der Waals surface area (Å²) >= 11 is 0. The van der Waals surface area contributed by atoms with Crippen LogP contribution in [0.5, 0.6) is 0 Å². The van der Waals surface area contributed by atoms with Gasteiger partial charge in [-0.05, 0) is 12.1 Å². The Hall–Kier alpha value is -1.49. The van der Waals surface area contributed by atoms with E-state index in [9.17, 15) is 8.42 Å². The lowest BCUT2D eigenvalue weighted by Crippen LogP contribution is -2.49. The molecule has 0 spiro atoms. The Bertz CT molecular complexity index is 560. The molecule has 0 saturated carbocycles. The molecule has 2 heterocycles. The zero-order valence-electron chi connectivity index (χ0n) is 11.3. The fourth-order valence-corrected chi connectivity index (χ4v) is 3.62. The number of piperazine rings is 1. The number of hydrogen-bond donors (Lipinski definition) is 0. The molecule has 108 valence electrons. The zero-order chi connectivity index (χ0) is 14.4. The average molecular weight is 294 g/mol. The second-order valence-corrected chi connectivity index (χ2v) is 6.81. The molecule has 0 radical (unpaired) electrons. The summed E-state index contributed by atoms with van der Waals surface area (Å²) in [6, 6.07) is 7.59. The molecule has 1 aromatic rings. The molecule has 1 aliphatic heterocycles. The predicted octanol–water partition coefficient (Wildman–Crippen LogP) is 0.0951. The minimum absolute atomic E-state index is 0.0856. The van der Waals surface area contributed by atoms with E-state index in [2.05, 4.69) is 11.1 Å². The van der Waals surface area contributed by atoms with E-state index in [0.717, 1.165) is 5.69 Å². The monoisotopic (exact) mass is 294 g/mol. The maximum absolute atomic E-state index is 12.2. The smallest absolute Gasteiger partial charge is 0.214 e. The van der Waals surface area contributed by atoms with Gasteiger partial charge >= 0.3 is 0 Å². The molecule has 0 atom stereocenters. The molecule has 1 fully saturated rings. The molecule has 0 bridgehead atoms. The van der Waals surface area contributed by atoms with Gasteiger partial charge in [0.1, 0.15) is 0 Å². The van der Waals surface area contributed by atoms with E-state index < -0.39 is 10.0 Å². The number of sulfonamides is 1. The highest BCUT2D eigenvalue weighted by Gasteiger charge is 2.26. The van der Waals surface area contributed by atoms with Crippen molar-refractivity contribution >= 4 is 10.0 Å². The SMILES string of the molecule is N#CCN1CCN(S(=O)(=O)CCc2ccccn2)CC1. The number of hydrogen-bond acceptors (Lipinski definition) is 5. The van der Waals surface area contributed by atoms with Gasteiger partial charge in [-0.1, -0.05) is 6.07 Å². The van der Waals surface area contributed by atoms with E-state index >= 15 is 0 Å². The number of pyridine rings is 1. The normalized spacial score (nSPS) is 17.8. The minimum Gasteiger partial charge on any atom is -0.288 e. The van der Waals surface area contributed by atoms with Gasteiger partial charge in [-0.15, -0.1) is 0 Å². The highest BCUT2D eigenvalue weighted by Crippen LogP contribution is 2.09. The van der Waals surface area contributed by atoms with Crippen LogP contribution in [0.3, 0.4) is 0 Å². The second kappa shape index (κ2) is 6.79.